The molecule has 16 heavy (non-hydrogen) atoms. The van der Waals surface area contributed by atoms with Crippen molar-refractivity contribution in [3.05, 3.63) is 46.8 Å². The van der Waals surface area contributed by atoms with Gasteiger partial charge in [0, 0.05) is 6.42 Å². The highest BCUT2D eigenvalue weighted by Crippen LogP contribution is 2.12. The minimum absolute atomic E-state index is 0.0941. The van der Waals surface area contributed by atoms with Gasteiger partial charge in [0.1, 0.15) is 23.5 Å². The fraction of sp³-hybridized carbons (Fsp3) is 0.0833. The predicted molar refractivity (Wildman–Crippen MR) is 54.0 cm³/mol. The van der Waals surface area contributed by atoms with Crippen LogP contribution in [0.4, 0.5) is 4.39 Å². The van der Waals surface area contributed by atoms with Crippen molar-refractivity contribution in [2.75, 3.05) is 0 Å². The fourth-order valence-electron chi connectivity index (χ4n) is 1.15. The minimum Gasteiger partial charge on any atom is -0.207 e. The number of nitrogens with zero attached hydrogens (tertiary/aromatic N) is 3. The summed E-state index contributed by atoms with van der Waals surface area (Å²) in [7, 11) is 0. The van der Waals surface area contributed by atoms with Gasteiger partial charge < -0.3 is 0 Å². The zero-order chi connectivity index (χ0) is 12.0. The Hall–Kier alpha value is -2.64. The van der Waals surface area contributed by atoms with E-state index in [2.05, 4.69) is 0 Å². The molecule has 0 aliphatic carbocycles. The van der Waals surface area contributed by atoms with Gasteiger partial charge in [0.15, 0.2) is 0 Å². The Morgan fingerprint density at radius 1 is 1.00 bits per heavy atom. The van der Waals surface area contributed by atoms with Crippen LogP contribution in [0.3, 0.4) is 0 Å². The zero-order valence-corrected chi connectivity index (χ0v) is 8.24. The monoisotopic (exact) mass is 211 g/mol. The number of allylic oxidation sites excluding steroid dienone is 2. The SMILES string of the molecule is N#CC(C#N)=C(C#N)Cc1ccc(F)cc1. The van der Waals surface area contributed by atoms with Gasteiger partial charge >= 0.3 is 0 Å². The van der Waals surface area contributed by atoms with E-state index in [4.69, 9.17) is 15.8 Å². The van der Waals surface area contributed by atoms with Crippen LogP contribution in [0.15, 0.2) is 35.4 Å². The lowest BCUT2D eigenvalue weighted by Gasteiger charge is -1.99. The van der Waals surface area contributed by atoms with E-state index < -0.39 is 0 Å². The first-order valence-electron chi connectivity index (χ1n) is 4.39. The molecular formula is C12H6FN3. The number of hydrogen-bond donors (Lipinski definition) is 0. The third kappa shape index (κ3) is 2.67. The Bertz CT molecular complexity index is 520. The maximum Gasteiger partial charge on any atom is 0.143 e. The van der Waals surface area contributed by atoms with Crippen LogP contribution in [0, 0.1) is 39.8 Å². The van der Waals surface area contributed by atoms with Gasteiger partial charge in [-0.05, 0) is 17.7 Å². The van der Waals surface area contributed by atoms with E-state index in [1.807, 2.05) is 6.07 Å². The van der Waals surface area contributed by atoms with Gasteiger partial charge in [-0.15, -0.1) is 0 Å². The summed E-state index contributed by atoms with van der Waals surface area (Å²) in [5.74, 6) is -0.368. The molecule has 0 saturated carbocycles. The van der Waals surface area contributed by atoms with E-state index in [1.54, 1.807) is 12.1 Å². The highest BCUT2D eigenvalue weighted by atomic mass is 19.1. The number of rotatable bonds is 2. The number of nitriles is 3. The first kappa shape index (κ1) is 11.4. The molecule has 0 aliphatic heterocycles. The molecule has 0 N–H and O–H groups in total. The van der Waals surface area contributed by atoms with E-state index in [9.17, 15) is 4.39 Å². The second kappa shape index (κ2) is 5.29. The Balaban J connectivity index is 3.02. The Morgan fingerprint density at radius 3 is 2.00 bits per heavy atom. The van der Waals surface area contributed by atoms with Gasteiger partial charge in [-0.3, -0.25) is 0 Å². The molecule has 0 bridgehead atoms. The van der Waals surface area contributed by atoms with Crippen LogP contribution in [0.1, 0.15) is 5.56 Å². The summed E-state index contributed by atoms with van der Waals surface area (Å²) < 4.78 is 12.6. The Kier molecular flexibility index (Phi) is 3.78. The molecule has 1 aromatic rings. The summed E-state index contributed by atoms with van der Waals surface area (Å²) in [6.45, 7) is 0. The molecule has 0 atom stereocenters. The standard InChI is InChI=1S/C12H6FN3/c13-12-3-1-9(2-4-12)5-10(6-14)11(7-15)8-16/h1-4H,5H2. The van der Waals surface area contributed by atoms with Gasteiger partial charge in [0.25, 0.3) is 0 Å². The summed E-state index contributed by atoms with van der Waals surface area (Å²) in [6, 6.07) is 10.7. The summed E-state index contributed by atoms with van der Waals surface area (Å²) in [5, 5.41) is 26.0. The van der Waals surface area contributed by atoms with Crippen molar-refractivity contribution in [3.8, 4) is 18.2 Å². The van der Waals surface area contributed by atoms with Crippen LogP contribution in [-0.2, 0) is 6.42 Å². The summed E-state index contributed by atoms with van der Waals surface area (Å²) in [4.78, 5) is 0. The lowest BCUT2D eigenvalue weighted by molar-refractivity contribution is 0.627. The Morgan fingerprint density at radius 2 is 1.56 bits per heavy atom. The average Bonchev–Trinajstić information content (AvgIpc) is 2.32. The van der Waals surface area contributed by atoms with Crippen molar-refractivity contribution >= 4 is 0 Å². The van der Waals surface area contributed by atoms with Crippen molar-refractivity contribution in [3.63, 3.8) is 0 Å². The highest BCUT2D eigenvalue weighted by Gasteiger charge is 2.06. The highest BCUT2D eigenvalue weighted by molar-refractivity contribution is 5.47. The zero-order valence-electron chi connectivity index (χ0n) is 8.24. The van der Waals surface area contributed by atoms with Gasteiger partial charge in [0.05, 0.1) is 11.6 Å². The van der Waals surface area contributed by atoms with Crippen LogP contribution >= 0.6 is 0 Å². The van der Waals surface area contributed by atoms with Crippen molar-refractivity contribution < 1.29 is 4.39 Å². The molecule has 0 aliphatic rings. The largest absolute Gasteiger partial charge is 0.207 e. The summed E-state index contributed by atoms with van der Waals surface area (Å²) in [5.41, 5.74) is 0.574. The predicted octanol–water partition coefficient (Wildman–Crippen LogP) is 2.24. The van der Waals surface area contributed by atoms with Crippen molar-refractivity contribution in [2.24, 2.45) is 0 Å². The molecule has 0 aromatic heterocycles. The maximum absolute atomic E-state index is 12.6. The smallest absolute Gasteiger partial charge is 0.143 e. The summed E-state index contributed by atoms with van der Waals surface area (Å²) in [6.07, 6.45) is 0.160. The quantitative estimate of drug-likeness (QED) is 0.704. The molecule has 0 unspecified atom stereocenters. The normalized spacial score (nSPS) is 8.38. The van der Waals surface area contributed by atoms with Gasteiger partial charge in [-0.25, -0.2) is 4.39 Å². The molecule has 76 valence electrons. The second-order valence-electron chi connectivity index (χ2n) is 2.99. The number of halogens is 1. The topological polar surface area (TPSA) is 71.4 Å². The molecule has 0 heterocycles. The lowest BCUT2D eigenvalue weighted by atomic mass is 10.0. The Labute approximate surface area is 92.3 Å². The molecule has 1 aromatic carbocycles. The third-order valence-electron chi connectivity index (χ3n) is 1.95. The van der Waals surface area contributed by atoms with E-state index >= 15 is 0 Å². The molecule has 4 heteroatoms. The molecule has 0 saturated heterocycles. The molecular weight excluding hydrogens is 205 g/mol. The number of hydrogen-bond acceptors (Lipinski definition) is 3. The average molecular weight is 211 g/mol. The first-order valence-corrected chi connectivity index (χ1v) is 4.39. The first-order chi connectivity index (χ1) is 7.71. The van der Waals surface area contributed by atoms with E-state index in [-0.39, 0.29) is 23.4 Å². The van der Waals surface area contributed by atoms with Crippen LogP contribution < -0.4 is 0 Å². The lowest BCUT2D eigenvalue weighted by Crippen LogP contribution is -1.92. The summed E-state index contributed by atoms with van der Waals surface area (Å²) >= 11 is 0. The molecule has 0 radical (unpaired) electrons. The second-order valence-corrected chi connectivity index (χ2v) is 2.99. The molecule has 0 fully saturated rings. The molecule has 0 amide bonds. The van der Waals surface area contributed by atoms with Crippen LogP contribution in [-0.4, -0.2) is 0 Å². The van der Waals surface area contributed by atoms with Crippen LogP contribution in [0.25, 0.3) is 0 Å². The van der Waals surface area contributed by atoms with Gasteiger partial charge in [-0.1, -0.05) is 12.1 Å². The van der Waals surface area contributed by atoms with Crippen LogP contribution in [0.2, 0.25) is 0 Å². The van der Waals surface area contributed by atoms with Crippen molar-refractivity contribution in [2.45, 2.75) is 6.42 Å². The van der Waals surface area contributed by atoms with E-state index in [0.717, 1.165) is 0 Å². The molecule has 0 spiro atoms. The van der Waals surface area contributed by atoms with E-state index in [0.29, 0.717) is 5.56 Å². The van der Waals surface area contributed by atoms with E-state index in [1.165, 1.54) is 24.3 Å². The fourth-order valence-corrected chi connectivity index (χ4v) is 1.15. The minimum atomic E-state index is -0.368. The number of benzene rings is 1. The molecule has 3 nitrogen and oxygen atoms in total. The third-order valence-corrected chi connectivity index (χ3v) is 1.95. The van der Waals surface area contributed by atoms with Gasteiger partial charge in [0.2, 0.25) is 0 Å². The van der Waals surface area contributed by atoms with Crippen molar-refractivity contribution in [1.82, 2.24) is 0 Å². The van der Waals surface area contributed by atoms with Gasteiger partial charge in [-0.2, -0.15) is 15.8 Å². The van der Waals surface area contributed by atoms with Crippen LogP contribution in [0.5, 0.6) is 0 Å². The molecule has 1 rings (SSSR count). The maximum atomic E-state index is 12.6. The van der Waals surface area contributed by atoms with Crippen molar-refractivity contribution in [1.29, 1.82) is 15.8 Å².